The maximum atomic E-state index is 11.3. The lowest BCUT2D eigenvalue weighted by Crippen LogP contribution is -2.03. The van der Waals surface area contributed by atoms with Crippen LogP contribution in [-0.4, -0.2) is 30.3 Å². The normalized spacial score (nSPS) is 10.1. The van der Waals surface area contributed by atoms with E-state index in [-0.39, 0.29) is 11.4 Å². The number of pyridine rings is 1. The van der Waals surface area contributed by atoms with E-state index in [1.54, 1.807) is 25.3 Å². The largest absolute Gasteiger partial charge is 0.497 e. The molecule has 0 spiro atoms. The van der Waals surface area contributed by atoms with E-state index < -0.39 is 5.97 Å². The molecule has 0 bridgehead atoms. The Morgan fingerprint density at radius 1 is 1.20 bits per heavy atom. The van der Waals surface area contributed by atoms with Gasteiger partial charge in [0.1, 0.15) is 17.3 Å². The highest BCUT2D eigenvalue weighted by Gasteiger charge is 2.16. The van der Waals surface area contributed by atoms with E-state index >= 15 is 0 Å². The topological polar surface area (TPSA) is 94.7 Å². The van der Waals surface area contributed by atoms with Crippen molar-refractivity contribution in [1.29, 1.82) is 0 Å². The second-order valence-corrected chi connectivity index (χ2v) is 4.03. The Morgan fingerprint density at radius 2 is 1.95 bits per heavy atom. The second-order valence-electron chi connectivity index (χ2n) is 4.03. The third kappa shape index (κ3) is 2.49. The summed E-state index contributed by atoms with van der Waals surface area (Å²) >= 11 is 0. The van der Waals surface area contributed by atoms with Crippen LogP contribution in [0.4, 0.5) is 5.82 Å². The van der Waals surface area contributed by atoms with E-state index in [2.05, 4.69) is 4.98 Å². The van der Waals surface area contributed by atoms with Crippen LogP contribution in [0.15, 0.2) is 30.5 Å². The van der Waals surface area contributed by atoms with Gasteiger partial charge in [-0.2, -0.15) is 0 Å². The molecule has 104 valence electrons. The molecule has 2 rings (SSSR count). The number of aromatic carboxylic acids is 1. The number of carboxylic acid groups (broad SMARTS) is 1. The van der Waals surface area contributed by atoms with Crippen molar-refractivity contribution in [3.8, 4) is 22.6 Å². The number of aromatic nitrogens is 1. The van der Waals surface area contributed by atoms with Crippen molar-refractivity contribution in [2.24, 2.45) is 0 Å². The van der Waals surface area contributed by atoms with Gasteiger partial charge >= 0.3 is 5.97 Å². The summed E-state index contributed by atoms with van der Waals surface area (Å²) < 4.78 is 10.4. The first kappa shape index (κ1) is 13.7. The molecule has 0 fully saturated rings. The average molecular weight is 274 g/mol. The molecule has 1 aromatic carbocycles. The Morgan fingerprint density at radius 3 is 2.55 bits per heavy atom. The van der Waals surface area contributed by atoms with Gasteiger partial charge in [-0.25, -0.2) is 9.78 Å². The number of nitrogens with two attached hydrogens (primary N) is 1. The van der Waals surface area contributed by atoms with Crippen molar-refractivity contribution in [3.05, 3.63) is 36.0 Å². The lowest BCUT2D eigenvalue weighted by Gasteiger charge is -2.12. The van der Waals surface area contributed by atoms with Crippen LogP contribution in [0.25, 0.3) is 11.1 Å². The molecule has 0 amide bonds. The SMILES string of the molecule is COc1ccc(-c2cnc(N)cc2C(=O)O)c(OC)c1. The Hall–Kier alpha value is -2.76. The number of carbonyl (C=O) groups is 1. The Kier molecular flexibility index (Phi) is 3.74. The fraction of sp³-hybridized carbons (Fsp3) is 0.143. The average Bonchev–Trinajstić information content (AvgIpc) is 2.46. The van der Waals surface area contributed by atoms with E-state index in [4.69, 9.17) is 15.2 Å². The summed E-state index contributed by atoms with van der Waals surface area (Å²) in [5, 5.41) is 9.27. The smallest absolute Gasteiger partial charge is 0.336 e. The van der Waals surface area contributed by atoms with Gasteiger partial charge in [-0.15, -0.1) is 0 Å². The molecule has 20 heavy (non-hydrogen) atoms. The second kappa shape index (κ2) is 5.48. The van der Waals surface area contributed by atoms with Crippen molar-refractivity contribution < 1.29 is 19.4 Å². The number of ether oxygens (including phenoxy) is 2. The maximum absolute atomic E-state index is 11.3. The fourth-order valence-corrected chi connectivity index (χ4v) is 1.88. The molecule has 6 heteroatoms. The molecule has 2 aromatic rings. The molecule has 1 heterocycles. The molecule has 0 saturated heterocycles. The first-order valence-corrected chi connectivity index (χ1v) is 5.78. The van der Waals surface area contributed by atoms with Crippen molar-refractivity contribution in [2.45, 2.75) is 0 Å². The van der Waals surface area contributed by atoms with Crippen molar-refractivity contribution in [3.63, 3.8) is 0 Å². The zero-order chi connectivity index (χ0) is 14.7. The van der Waals surface area contributed by atoms with Gasteiger partial charge < -0.3 is 20.3 Å². The Bertz CT molecular complexity index is 656. The van der Waals surface area contributed by atoms with Crippen LogP contribution < -0.4 is 15.2 Å². The number of nitrogens with zero attached hydrogens (tertiary/aromatic N) is 1. The van der Waals surface area contributed by atoms with E-state index in [1.165, 1.54) is 19.4 Å². The van der Waals surface area contributed by atoms with Crippen LogP contribution >= 0.6 is 0 Å². The van der Waals surface area contributed by atoms with Gasteiger partial charge in [-0.05, 0) is 18.2 Å². The first-order chi connectivity index (χ1) is 9.56. The van der Waals surface area contributed by atoms with Crippen LogP contribution in [0.5, 0.6) is 11.5 Å². The number of anilines is 1. The quantitative estimate of drug-likeness (QED) is 0.886. The van der Waals surface area contributed by atoms with E-state index in [0.717, 1.165) is 0 Å². The summed E-state index contributed by atoms with van der Waals surface area (Å²) in [6.45, 7) is 0. The molecule has 0 aliphatic heterocycles. The molecule has 0 aliphatic rings. The standard InChI is InChI=1S/C14H14N2O4/c1-19-8-3-4-9(12(5-8)20-2)11-7-16-13(15)6-10(11)14(17)18/h3-7H,1-2H3,(H2,15,16)(H,17,18). The minimum absolute atomic E-state index is 0.0703. The van der Waals surface area contributed by atoms with Crippen molar-refractivity contribution >= 4 is 11.8 Å². The van der Waals surface area contributed by atoms with Crippen molar-refractivity contribution in [1.82, 2.24) is 4.98 Å². The number of carboxylic acids is 1. The van der Waals surface area contributed by atoms with Crippen LogP contribution in [0.3, 0.4) is 0 Å². The number of nitrogen functional groups attached to an aromatic ring is 1. The highest BCUT2D eigenvalue weighted by Crippen LogP contribution is 2.35. The molecule has 0 atom stereocenters. The van der Waals surface area contributed by atoms with Crippen molar-refractivity contribution in [2.75, 3.05) is 20.0 Å². The van der Waals surface area contributed by atoms with Gasteiger partial charge in [0.2, 0.25) is 0 Å². The lowest BCUT2D eigenvalue weighted by atomic mass is 10.0. The number of benzene rings is 1. The minimum atomic E-state index is -1.08. The van der Waals surface area contributed by atoms with Crippen LogP contribution in [-0.2, 0) is 0 Å². The third-order valence-electron chi connectivity index (χ3n) is 2.85. The van der Waals surface area contributed by atoms with Gasteiger partial charge in [-0.3, -0.25) is 0 Å². The number of hydrogen-bond donors (Lipinski definition) is 2. The fourth-order valence-electron chi connectivity index (χ4n) is 1.88. The Balaban J connectivity index is 2.65. The molecule has 6 nitrogen and oxygen atoms in total. The lowest BCUT2D eigenvalue weighted by molar-refractivity contribution is 0.0697. The van der Waals surface area contributed by atoms with E-state index in [9.17, 15) is 9.90 Å². The van der Waals surface area contributed by atoms with Gasteiger partial charge in [0.05, 0.1) is 19.8 Å². The van der Waals surface area contributed by atoms with Gasteiger partial charge in [0, 0.05) is 23.4 Å². The Labute approximate surface area is 115 Å². The number of methoxy groups -OCH3 is 2. The minimum Gasteiger partial charge on any atom is -0.497 e. The first-order valence-electron chi connectivity index (χ1n) is 5.78. The molecule has 0 unspecified atom stereocenters. The molecule has 0 radical (unpaired) electrons. The van der Waals surface area contributed by atoms with Crippen LogP contribution in [0, 0.1) is 0 Å². The maximum Gasteiger partial charge on any atom is 0.336 e. The summed E-state index contributed by atoms with van der Waals surface area (Å²) in [5.41, 5.74) is 6.65. The molecule has 0 saturated carbocycles. The zero-order valence-corrected chi connectivity index (χ0v) is 11.1. The number of rotatable bonds is 4. The molecule has 0 aliphatic carbocycles. The number of hydrogen-bond acceptors (Lipinski definition) is 5. The van der Waals surface area contributed by atoms with E-state index in [0.29, 0.717) is 22.6 Å². The summed E-state index contributed by atoms with van der Waals surface area (Å²) in [6.07, 6.45) is 1.42. The highest BCUT2D eigenvalue weighted by molar-refractivity contribution is 5.97. The molecular weight excluding hydrogens is 260 g/mol. The third-order valence-corrected chi connectivity index (χ3v) is 2.85. The zero-order valence-electron chi connectivity index (χ0n) is 11.1. The molecule has 3 N–H and O–H groups in total. The summed E-state index contributed by atoms with van der Waals surface area (Å²) in [7, 11) is 3.05. The van der Waals surface area contributed by atoms with Gasteiger partial charge in [0.15, 0.2) is 0 Å². The van der Waals surface area contributed by atoms with Gasteiger partial charge in [0.25, 0.3) is 0 Å². The van der Waals surface area contributed by atoms with E-state index in [1.807, 2.05) is 0 Å². The monoisotopic (exact) mass is 274 g/mol. The molecule has 1 aromatic heterocycles. The van der Waals surface area contributed by atoms with Crippen LogP contribution in [0.1, 0.15) is 10.4 Å². The predicted molar refractivity (Wildman–Crippen MR) is 74.1 cm³/mol. The van der Waals surface area contributed by atoms with Gasteiger partial charge in [-0.1, -0.05) is 0 Å². The summed E-state index contributed by atoms with van der Waals surface area (Å²) in [5.74, 6) is 0.190. The summed E-state index contributed by atoms with van der Waals surface area (Å²) in [4.78, 5) is 15.3. The van der Waals surface area contributed by atoms with Crippen LogP contribution in [0.2, 0.25) is 0 Å². The predicted octanol–water partition coefficient (Wildman–Crippen LogP) is 2.05. The molecular formula is C14H14N2O4. The highest BCUT2D eigenvalue weighted by atomic mass is 16.5. The summed E-state index contributed by atoms with van der Waals surface area (Å²) in [6, 6.07) is 6.44.